The molecule has 0 radical (unpaired) electrons. The molecule has 1 aromatic heterocycles. The Labute approximate surface area is 183 Å². The largest absolute Gasteiger partial charge is 0.497 e. The SMILES string of the molecule is COc1cccc(OCC(=O)N2CCN(Cc3nnnn3-c3ccc(F)c(F)c3)CC2)c1. The maximum atomic E-state index is 13.6. The summed E-state index contributed by atoms with van der Waals surface area (Å²) in [6.45, 7) is 2.67. The molecule has 0 bridgehead atoms. The number of piperazine rings is 1. The van der Waals surface area contributed by atoms with Gasteiger partial charge in [0.1, 0.15) is 11.5 Å². The van der Waals surface area contributed by atoms with Crippen molar-refractivity contribution in [2.75, 3.05) is 39.9 Å². The zero-order chi connectivity index (χ0) is 22.5. The van der Waals surface area contributed by atoms with Crippen LogP contribution >= 0.6 is 0 Å². The molecule has 0 unspecified atom stereocenters. The van der Waals surface area contributed by atoms with E-state index in [0.717, 1.165) is 12.1 Å². The standard InChI is InChI=1S/C21H22F2N6O3/c1-31-16-3-2-4-17(12-16)32-14-21(30)28-9-7-27(8-10-28)13-20-24-25-26-29(20)15-5-6-18(22)19(23)11-15/h2-6,11-12H,7-10,13-14H2,1H3. The van der Waals surface area contributed by atoms with E-state index in [4.69, 9.17) is 9.47 Å². The minimum atomic E-state index is -0.966. The Bertz CT molecular complexity index is 1080. The zero-order valence-electron chi connectivity index (χ0n) is 17.4. The van der Waals surface area contributed by atoms with Gasteiger partial charge in [-0.25, -0.2) is 8.78 Å². The van der Waals surface area contributed by atoms with E-state index in [1.165, 1.54) is 10.7 Å². The van der Waals surface area contributed by atoms with Gasteiger partial charge in [0.15, 0.2) is 24.1 Å². The first-order valence-corrected chi connectivity index (χ1v) is 10.0. The lowest BCUT2D eigenvalue weighted by atomic mass is 10.3. The Hall–Kier alpha value is -3.60. The molecule has 0 spiro atoms. The summed E-state index contributed by atoms with van der Waals surface area (Å²) in [7, 11) is 1.57. The van der Waals surface area contributed by atoms with Gasteiger partial charge in [0.05, 0.1) is 19.3 Å². The van der Waals surface area contributed by atoms with Crippen molar-refractivity contribution in [3.8, 4) is 17.2 Å². The molecule has 168 valence electrons. The number of nitrogens with zero attached hydrogens (tertiary/aromatic N) is 6. The smallest absolute Gasteiger partial charge is 0.260 e. The number of aromatic nitrogens is 4. The van der Waals surface area contributed by atoms with E-state index in [-0.39, 0.29) is 12.5 Å². The van der Waals surface area contributed by atoms with Crippen LogP contribution in [0.2, 0.25) is 0 Å². The Morgan fingerprint density at radius 1 is 1.03 bits per heavy atom. The van der Waals surface area contributed by atoms with Crippen molar-refractivity contribution < 1.29 is 23.0 Å². The lowest BCUT2D eigenvalue weighted by Gasteiger charge is -2.34. The summed E-state index contributed by atoms with van der Waals surface area (Å²) < 4.78 is 38.9. The van der Waals surface area contributed by atoms with Crippen LogP contribution in [0, 0.1) is 11.6 Å². The summed E-state index contributed by atoms with van der Waals surface area (Å²) in [6, 6.07) is 10.6. The molecular weight excluding hydrogens is 422 g/mol. The number of methoxy groups -OCH3 is 1. The first-order valence-electron chi connectivity index (χ1n) is 10.0. The second-order valence-electron chi connectivity index (χ2n) is 7.23. The highest BCUT2D eigenvalue weighted by atomic mass is 19.2. The minimum absolute atomic E-state index is 0.0540. The van der Waals surface area contributed by atoms with Crippen molar-refractivity contribution in [3.05, 3.63) is 59.9 Å². The highest BCUT2D eigenvalue weighted by Gasteiger charge is 2.23. The summed E-state index contributed by atoms with van der Waals surface area (Å²) in [4.78, 5) is 16.3. The van der Waals surface area contributed by atoms with Crippen molar-refractivity contribution in [1.82, 2.24) is 30.0 Å². The van der Waals surface area contributed by atoms with E-state index in [9.17, 15) is 13.6 Å². The molecule has 4 rings (SSSR count). The van der Waals surface area contributed by atoms with E-state index in [2.05, 4.69) is 20.4 Å². The van der Waals surface area contributed by atoms with Crippen LogP contribution in [0.1, 0.15) is 5.82 Å². The first kappa shape index (κ1) is 21.6. The predicted molar refractivity (Wildman–Crippen MR) is 109 cm³/mol. The fourth-order valence-corrected chi connectivity index (χ4v) is 3.40. The molecule has 1 aliphatic rings. The first-order chi connectivity index (χ1) is 15.5. The molecule has 32 heavy (non-hydrogen) atoms. The molecule has 2 aromatic carbocycles. The third-order valence-electron chi connectivity index (χ3n) is 5.18. The molecule has 1 fully saturated rings. The van der Waals surface area contributed by atoms with E-state index >= 15 is 0 Å². The van der Waals surface area contributed by atoms with Crippen LogP contribution in [0.5, 0.6) is 11.5 Å². The maximum absolute atomic E-state index is 13.6. The van der Waals surface area contributed by atoms with Crippen LogP contribution in [0.25, 0.3) is 5.69 Å². The summed E-state index contributed by atoms with van der Waals surface area (Å²) in [6.07, 6.45) is 0. The van der Waals surface area contributed by atoms with Crippen molar-refractivity contribution in [2.45, 2.75) is 6.54 Å². The number of rotatable bonds is 7. The van der Waals surface area contributed by atoms with Gasteiger partial charge in [-0.2, -0.15) is 4.68 Å². The fraction of sp³-hybridized carbons (Fsp3) is 0.333. The molecule has 0 saturated carbocycles. The average molecular weight is 444 g/mol. The summed E-state index contributed by atoms with van der Waals surface area (Å²) in [5, 5.41) is 11.5. The normalized spacial score (nSPS) is 14.4. The van der Waals surface area contributed by atoms with Gasteiger partial charge >= 0.3 is 0 Å². The van der Waals surface area contributed by atoms with E-state index in [1.54, 1.807) is 36.3 Å². The Kier molecular flexibility index (Phi) is 6.55. The molecule has 9 nitrogen and oxygen atoms in total. The number of halogens is 2. The number of amides is 1. The lowest BCUT2D eigenvalue weighted by Crippen LogP contribution is -2.49. The van der Waals surface area contributed by atoms with Crippen molar-refractivity contribution in [2.24, 2.45) is 0 Å². The van der Waals surface area contributed by atoms with Gasteiger partial charge in [0, 0.05) is 38.3 Å². The topological polar surface area (TPSA) is 85.6 Å². The predicted octanol–water partition coefficient (Wildman–Crippen LogP) is 1.67. The van der Waals surface area contributed by atoms with Gasteiger partial charge in [0.2, 0.25) is 0 Å². The van der Waals surface area contributed by atoms with E-state index < -0.39 is 11.6 Å². The fourth-order valence-electron chi connectivity index (χ4n) is 3.40. The number of tetrazole rings is 1. The minimum Gasteiger partial charge on any atom is -0.497 e. The lowest BCUT2D eigenvalue weighted by molar-refractivity contribution is -0.135. The third-order valence-corrected chi connectivity index (χ3v) is 5.18. The second kappa shape index (κ2) is 9.69. The monoisotopic (exact) mass is 444 g/mol. The van der Waals surface area contributed by atoms with Gasteiger partial charge in [-0.3, -0.25) is 9.69 Å². The van der Waals surface area contributed by atoms with Crippen LogP contribution in [-0.2, 0) is 11.3 Å². The summed E-state index contributed by atoms with van der Waals surface area (Å²) >= 11 is 0. The number of carbonyl (C=O) groups is 1. The number of ether oxygens (including phenoxy) is 2. The zero-order valence-corrected chi connectivity index (χ0v) is 17.4. The summed E-state index contributed by atoms with van der Waals surface area (Å²) in [5.74, 6) is -0.266. The molecule has 3 aromatic rings. The quantitative estimate of drug-likeness (QED) is 0.548. The highest BCUT2D eigenvalue weighted by Crippen LogP contribution is 2.19. The van der Waals surface area contributed by atoms with Crippen molar-refractivity contribution >= 4 is 5.91 Å². The summed E-state index contributed by atoms with van der Waals surface area (Å²) in [5.41, 5.74) is 0.340. The molecule has 1 saturated heterocycles. The van der Waals surface area contributed by atoms with Crippen molar-refractivity contribution in [1.29, 1.82) is 0 Å². The van der Waals surface area contributed by atoms with Gasteiger partial charge in [-0.15, -0.1) is 5.10 Å². The van der Waals surface area contributed by atoms with Crippen LogP contribution in [0.4, 0.5) is 8.78 Å². The van der Waals surface area contributed by atoms with Crippen molar-refractivity contribution in [3.63, 3.8) is 0 Å². The number of hydrogen-bond acceptors (Lipinski definition) is 7. The van der Waals surface area contributed by atoms with E-state index in [0.29, 0.717) is 55.7 Å². The number of hydrogen-bond donors (Lipinski definition) is 0. The molecule has 1 amide bonds. The average Bonchev–Trinajstić information content (AvgIpc) is 3.28. The maximum Gasteiger partial charge on any atom is 0.260 e. The molecular formula is C21H22F2N6O3. The van der Waals surface area contributed by atoms with Crippen LogP contribution in [0.3, 0.4) is 0 Å². The molecule has 0 aliphatic carbocycles. The Morgan fingerprint density at radius 2 is 1.81 bits per heavy atom. The van der Waals surface area contributed by atoms with Crippen LogP contribution < -0.4 is 9.47 Å². The Morgan fingerprint density at radius 3 is 2.56 bits per heavy atom. The molecule has 0 N–H and O–H groups in total. The molecule has 0 atom stereocenters. The molecule has 1 aliphatic heterocycles. The van der Waals surface area contributed by atoms with Gasteiger partial charge < -0.3 is 14.4 Å². The number of benzene rings is 2. The van der Waals surface area contributed by atoms with Crippen LogP contribution in [-0.4, -0.2) is 75.8 Å². The van der Waals surface area contributed by atoms with Gasteiger partial charge in [-0.1, -0.05) is 6.07 Å². The second-order valence-corrected chi connectivity index (χ2v) is 7.23. The number of carbonyl (C=O) groups excluding carboxylic acids is 1. The van der Waals surface area contributed by atoms with E-state index in [1.807, 2.05) is 0 Å². The third kappa shape index (κ3) is 4.99. The highest BCUT2D eigenvalue weighted by molar-refractivity contribution is 5.77. The molecule has 2 heterocycles. The molecule has 11 heteroatoms. The van der Waals surface area contributed by atoms with Gasteiger partial charge in [-0.05, 0) is 34.7 Å². The van der Waals surface area contributed by atoms with Crippen LogP contribution in [0.15, 0.2) is 42.5 Å². The van der Waals surface area contributed by atoms with Gasteiger partial charge in [0.25, 0.3) is 5.91 Å². The Balaban J connectivity index is 1.29.